The monoisotopic (exact) mass is 296 g/mol. The van der Waals surface area contributed by atoms with Gasteiger partial charge in [0.2, 0.25) is 0 Å². The molecule has 5 heteroatoms. The number of pyridine rings is 1. The van der Waals surface area contributed by atoms with Gasteiger partial charge in [0.05, 0.1) is 6.04 Å². The lowest BCUT2D eigenvalue weighted by atomic mass is 9.97. The third-order valence-corrected chi connectivity index (χ3v) is 3.59. The Morgan fingerprint density at radius 1 is 1.45 bits per heavy atom. The fraction of sp³-hybridized carbons (Fsp3) is 0.600. The maximum atomic E-state index is 12.3. The van der Waals surface area contributed by atoms with E-state index < -0.39 is 5.60 Å². The summed E-state index contributed by atoms with van der Waals surface area (Å²) in [6.45, 7) is 6.33. The summed E-state index contributed by atoms with van der Waals surface area (Å²) < 4.78 is 5.49. The Labute approximate surface area is 125 Å². The summed E-state index contributed by atoms with van der Waals surface area (Å²) in [6, 6.07) is 3.74. The van der Waals surface area contributed by atoms with Gasteiger partial charge in [0.25, 0.3) is 0 Å². The molecule has 0 aliphatic carbocycles. The predicted octanol–water partition coefficient (Wildman–Crippen LogP) is 4.20. The lowest BCUT2D eigenvalue weighted by Crippen LogP contribution is -2.42. The van der Waals surface area contributed by atoms with Crippen LogP contribution in [0.15, 0.2) is 18.3 Å². The largest absolute Gasteiger partial charge is 0.444 e. The van der Waals surface area contributed by atoms with Gasteiger partial charge in [0.1, 0.15) is 10.8 Å². The van der Waals surface area contributed by atoms with Gasteiger partial charge in [-0.2, -0.15) is 0 Å². The third-order valence-electron chi connectivity index (χ3n) is 3.28. The van der Waals surface area contributed by atoms with E-state index in [9.17, 15) is 4.79 Å². The first-order valence-corrected chi connectivity index (χ1v) is 7.36. The second kappa shape index (κ2) is 6.00. The van der Waals surface area contributed by atoms with Gasteiger partial charge in [-0.05, 0) is 46.1 Å². The molecule has 0 aromatic carbocycles. The molecule has 2 rings (SSSR count). The first-order chi connectivity index (χ1) is 9.38. The molecule has 0 spiro atoms. The van der Waals surface area contributed by atoms with Crippen LogP contribution in [0.3, 0.4) is 0 Å². The number of hydrogen-bond acceptors (Lipinski definition) is 3. The summed E-state index contributed by atoms with van der Waals surface area (Å²) >= 11 is 6.17. The first-order valence-electron chi connectivity index (χ1n) is 6.98. The maximum absolute atomic E-state index is 12.3. The molecular formula is C15H21ClN2O2. The van der Waals surface area contributed by atoms with E-state index in [2.05, 4.69) is 4.98 Å². The number of piperidine rings is 1. The van der Waals surface area contributed by atoms with Gasteiger partial charge in [0.15, 0.2) is 0 Å². The van der Waals surface area contributed by atoms with Crippen LogP contribution in [0, 0.1) is 0 Å². The van der Waals surface area contributed by atoms with Crippen molar-refractivity contribution in [2.45, 2.75) is 51.7 Å². The number of halogens is 1. The van der Waals surface area contributed by atoms with Crippen LogP contribution in [0.25, 0.3) is 0 Å². The van der Waals surface area contributed by atoms with Crippen LogP contribution < -0.4 is 0 Å². The molecule has 0 unspecified atom stereocenters. The summed E-state index contributed by atoms with van der Waals surface area (Å²) in [5.41, 5.74) is 0.414. The predicted molar refractivity (Wildman–Crippen MR) is 78.8 cm³/mol. The quantitative estimate of drug-likeness (QED) is 0.730. The SMILES string of the molecule is CC(C)(C)OC(=O)N1CCCC[C@@H]1c1cccnc1Cl. The number of hydrogen-bond donors (Lipinski definition) is 0. The fourth-order valence-corrected chi connectivity index (χ4v) is 2.69. The summed E-state index contributed by atoms with van der Waals surface area (Å²) in [5.74, 6) is 0. The van der Waals surface area contributed by atoms with Crippen molar-refractivity contribution in [3.8, 4) is 0 Å². The molecule has 1 aliphatic rings. The molecule has 2 heterocycles. The number of rotatable bonds is 1. The molecule has 1 atom stereocenters. The number of aromatic nitrogens is 1. The molecule has 20 heavy (non-hydrogen) atoms. The fourth-order valence-electron chi connectivity index (χ4n) is 2.44. The second-order valence-corrected chi connectivity index (χ2v) is 6.43. The Balaban J connectivity index is 2.22. The molecule has 1 saturated heterocycles. The number of nitrogens with zero attached hydrogens (tertiary/aromatic N) is 2. The van der Waals surface area contributed by atoms with Crippen molar-refractivity contribution in [3.63, 3.8) is 0 Å². The average Bonchev–Trinajstić information content (AvgIpc) is 2.37. The first kappa shape index (κ1) is 15.1. The molecule has 1 aromatic rings. The minimum absolute atomic E-state index is 0.0419. The van der Waals surface area contributed by atoms with Gasteiger partial charge in [-0.3, -0.25) is 0 Å². The van der Waals surface area contributed by atoms with Crippen molar-refractivity contribution in [3.05, 3.63) is 29.0 Å². The van der Waals surface area contributed by atoms with Gasteiger partial charge in [-0.1, -0.05) is 17.7 Å². The molecule has 0 radical (unpaired) electrons. The molecular weight excluding hydrogens is 276 g/mol. The zero-order valence-corrected chi connectivity index (χ0v) is 13.0. The van der Waals surface area contributed by atoms with Crippen molar-refractivity contribution in [2.75, 3.05) is 6.54 Å². The van der Waals surface area contributed by atoms with E-state index in [1.165, 1.54) is 0 Å². The molecule has 0 bridgehead atoms. The number of amides is 1. The van der Waals surface area contributed by atoms with Crippen LogP contribution in [0.4, 0.5) is 4.79 Å². The normalized spacial score (nSPS) is 19.8. The van der Waals surface area contributed by atoms with Crippen molar-refractivity contribution >= 4 is 17.7 Å². The van der Waals surface area contributed by atoms with Crippen LogP contribution >= 0.6 is 11.6 Å². The number of carbonyl (C=O) groups is 1. The van der Waals surface area contributed by atoms with Crippen molar-refractivity contribution in [1.29, 1.82) is 0 Å². The molecule has 110 valence electrons. The Morgan fingerprint density at radius 2 is 2.20 bits per heavy atom. The van der Waals surface area contributed by atoms with Crippen LogP contribution in [0.2, 0.25) is 5.15 Å². The van der Waals surface area contributed by atoms with Gasteiger partial charge < -0.3 is 9.64 Å². The average molecular weight is 297 g/mol. The lowest BCUT2D eigenvalue weighted by Gasteiger charge is -2.37. The topological polar surface area (TPSA) is 42.4 Å². The minimum atomic E-state index is -0.488. The minimum Gasteiger partial charge on any atom is -0.444 e. The van der Waals surface area contributed by atoms with Gasteiger partial charge in [0, 0.05) is 18.3 Å². The number of carbonyl (C=O) groups excluding carboxylic acids is 1. The Bertz CT molecular complexity index is 485. The molecule has 1 fully saturated rings. The van der Waals surface area contributed by atoms with Gasteiger partial charge >= 0.3 is 6.09 Å². The smallest absolute Gasteiger partial charge is 0.410 e. The highest BCUT2D eigenvalue weighted by molar-refractivity contribution is 6.30. The van der Waals surface area contributed by atoms with Crippen LogP contribution in [-0.4, -0.2) is 28.1 Å². The van der Waals surface area contributed by atoms with Crippen LogP contribution in [0.1, 0.15) is 51.6 Å². The maximum Gasteiger partial charge on any atom is 0.410 e. The Morgan fingerprint density at radius 3 is 2.85 bits per heavy atom. The van der Waals surface area contributed by atoms with Gasteiger partial charge in [-0.15, -0.1) is 0 Å². The number of likely N-dealkylation sites (tertiary alicyclic amines) is 1. The van der Waals surface area contributed by atoms with E-state index in [0.717, 1.165) is 24.8 Å². The zero-order valence-electron chi connectivity index (χ0n) is 12.2. The third kappa shape index (κ3) is 3.63. The standard InChI is InChI=1S/C15H21ClN2O2/c1-15(2,3)20-14(19)18-10-5-4-8-12(18)11-7-6-9-17-13(11)16/h6-7,9,12H,4-5,8,10H2,1-3H3/t12-/m1/s1. The number of ether oxygens (including phenoxy) is 1. The summed E-state index contributed by atoms with van der Waals surface area (Å²) in [6.07, 6.45) is 4.35. The second-order valence-electron chi connectivity index (χ2n) is 6.07. The van der Waals surface area contributed by atoms with E-state index in [1.807, 2.05) is 32.9 Å². The van der Waals surface area contributed by atoms with Crippen molar-refractivity contribution in [1.82, 2.24) is 9.88 Å². The molecule has 0 saturated carbocycles. The Kier molecular flexibility index (Phi) is 4.53. The van der Waals surface area contributed by atoms with Crippen molar-refractivity contribution in [2.24, 2.45) is 0 Å². The summed E-state index contributed by atoms with van der Waals surface area (Å²) in [7, 11) is 0. The van der Waals surface area contributed by atoms with Crippen molar-refractivity contribution < 1.29 is 9.53 Å². The van der Waals surface area contributed by atoms with Crippen LogP contribution in [-0.2, 0) is 4.74 Å². The highest BCUT2D eigenvalue weighted by Crippen LogP contribution is 2.34. The lowest BCUT2D eigenvalue weighted by molar-refractivity contribution is 0.00950. The highest BCUT2D eigenvalue weighted by atomic mass is 35.5. The molecule has 1 amide bonds. The van der Waals surface area contributed by atoms with E-state index in [4.69, 9.17) is 16.3 Å². The molecule has 1 aliphatic heterocycles. The molecule has 4 nitrogen and oxygen atoms in total. The van der Waals surface area contributed by atoms with E-state index in [-0.39, 0.29) is 12.1 Å². The van der Waals surface area contributed by atoms with E-state index in [0.29, 0.717) is 11.7 Å². The van der Waals surface area contributed by atoms with Gasteiger partial charge in [-0.25, -0.2) is 9.78 Å². The molecule has 1 aromatic heterocycles. The zero-order chi connectivity index (χ0) is 14.8. The summed E-state index contributed by atoms with van der Waals surface area (Å²) in [5, 5.41) is 0.466. The molecule has 0 N–H and O–H groups in total. The van der Waals surface area contributed by atoms with Crippen LogP contribution in [0.5, 0.6) is 0 Å². The Hall–Kier alpha value is -1.29. The highest BCUT2D eigenvalue weighted by Gasteiger charge is 2.32. The van der Waals surface area contributed by atoms with E-state index in [1.54, 1.807) is 11.1 Å². The van der Waals surface area contributed by atoms with E-state index >= 15 is 0 Å². The summed E-state index contributed by atoms with van der Waals surface area (Å²) in [4.78, 5) is 18.2.